The number of imidazole rings is 2. The summed E-state index contributed by atoms with van der Waals surface area (Å²) < 4.78 is 8.69. The summed E-state index contributed by atoms with van der Waals surface area (Å²) in [4.78, 5) is 40.3. The highest BCUT2D eigenvalue weighted by Crippen LogP contribution is 2.31. The molecule has 0 amide bonds. The molecule has 1 saturated carbocycles. The number of anilines is 2. The Labute approximate surface area is 263 Å². The molecule has 10 heteroatoms. The van der Waals surface area contributed by atoms with Crippen LogP contribution in [-0.2, 0) is 23.7 Å². The van der Waals surface area contributed by atoms with Crippen molar-refractivity contribution in [2.75, 3.05) is 36.0 Å². The zero-order valence-corrected chi connectivity index (χ0v) is 26.2. The lowest BCUT2D eigenvalue weighted by Crippen LogP contribution is -2.40. The summed E-state index contributed by atoms with van der Waals surface area (Å²) in [6.07, 6.45) is 15.0. The summed E-state index contributed by atoms with van der Waals surface area (Å²) in [5, 5.41) is 0. The van der Waals surface area contributed by atoms with E-state index in [0.29, 0.717) is 34.9 Å². The van der Waals surface area contributed by atoms with Crippen LogP contribution in [0.25, 0.3) is 0 Å². The molecule has 2 atom stereocenters. The zero-order valence-electron chi connectivity index (χ0n) is 26.2. The summed E-state index contributed by atoms with van der Waals surface area (Å²) in [5.41, 5.74) is 4.47. The second-order valence-corrected chi connectivity index (χ2v) is 12.6. The number of benzene rings is 2. The summed E-state index contributed by atoms with van der Waals surface area (Å²) >= 11 is 0. The molecular formula is C35H40N8O2+2. The second kappa shape index (κ2) is 11.9. The number of hydrogen-bond acceptors (Lipinski definition) is 6. The third-order valence-corrected chi connectivity index (χ3v) is 9.40. The fourth-order valence-corrected chi connectivity index (χ4v) is 6.74. The molecule has 3 aliphatic rings. The minimum atomic E-state index is -0.788. The average Bonchev–Trinajstić information content (AvgIpc) is 3.87. The van der Waals surface area contributed by atoms with Crippen molar-refractivity contribution in [3.05, 3.63) is 86.0 Å². The van der Waals surface area contributed by atoms with Gasteiger partial charge in [0.25, 0.3) is 0 Å². The van der Waals surface area contributed by atoms with E-state index < -0.39 is 5.92 Å². The van der Waals surface area contributed by atoms with Crippen molar-refractivity contribution in [2.45, 2.75) is 38.3 Å². The van der Waals surface area contributed by atoms with Crippen LogP contribution in [0.2, 0.25) is 0 Å². The molecule has 2 unspecified atom stereocenters. The smallest absolute Gasteiger partial charge is 0.243 e. The maximum atomic E-state index is 13.1. The largest absolute Gasteiger partial charge is 0.367 e. The van der Waals surface area contributed by atoms with Gasteiger partial charge in [-0.1, -0.05) is 0 Å². The lowest BCUT2D eigenvalue weighted by molar-refractivity contribution is -0.671. The average molecular weight is 605 g/mol. The number of carbonyl (C=O) groups excluding carboxylic acids is 2. The van der Waals surface area contributed by atoms with E-state index in [4.69, 9.17) is 9.98 Å². The van der Waals surface area contributed by atoms with Gasteiger partial charge < -0.3 is 9.80 Å². The Morgan fingerprint density at radius 1 is 0.667 bits per heavy atom. The molecule has 7 rings (SSSR count). The first-order chi connectivity index (χ1) is 21.8. The molecule has 45 heavy (non-hydrogen) atoms. The zero-order chi connectivity index (χ0) is 31.1. The third kappa shape index (κ3) is 5.96. The van der Waals surface area contributed by atoms with Gasteiger partial charge in [0.2, 0.25) is 12.7 Å². The van der Waals surface area contributed by atoms with Gasteiger partial charge in [0, 0.05) is 43.7 Å². The second-order valence-electron chi connectivity index (χ2n) is 12.6. The molecule has 3 fully saturated rings. The number of aryl methyl sites for hydroxylation is 2. The topological polar surface area (TPSA) is 83.0 Å². The molecule has 1 aliphatic carbocycles. The summed E-state index contributed by atoms with van der Waals surface area (Å²) in [6, 6.07) is 17.0. The van der Waals surface area contributed by atoms with Gasteiger partial charge in [0.15, 0.2) is 11.6 Å². The molecule has 2 aliphatic heterocycles. The van der Waals surface area contributed by atoms with E-state index in [9.17, 15) is 9.59 Å². The van der Waals surface area contributed by atoms with Crippen molar-refractivity contribution in [3.63, 3.8) is 0 Å². The maximum absolute atomic E-state index is 13.1. The van der Waals surface area contributed by atoms with Crippen LogP contribution in [0.4, 0.5) is 22.7 Å². The minimum absolute atomic E-state index is 0.135. The van der Waals surface area contributed by atoms with Crippen molar-refractivity contribution < 1.29 is 18.7 Å². The van der Waals surface area contributed by atoms with E-state index in [-0.39, 0.29) is 18.0 Å². The number of carbonyl (C=O) groups is 2. The van der Waals surface area contributed by atoms with Gasteiger partial charge in [-0.25, -0.2) is 28.3 Å². The Kier molecular flexibility index (Phi) is 7.64. The van der Waals surface area contributed by atoms with E-state index >= 15 is 0 Å². The van der Waals surface area contributed by atoms with Crippen molar-refractivity contribution in [3.8, 4) is 0 Å². The quantitative estimate of drug-likeness (QED) is 0.247. The molecule has 4 heterocycles. The van der Waals surface area contributed by atoms with E-state index in [2.05, 4.69) is 89.8 Å². The van der Waals surface area contributed by atoms with Crippen LogP contribution in [-0.4, -0.2) is 58.3 Å². The Morgan fingerprint density at radius 2 is 1.09 bits per heavy atom. The molecule has 2 saturated heterocycles. The lowest BCUT2D eigenvalue weighted by Gasteiger charge is -2.20. The predicted octanol–water partition coefficient (Wildman–Crippen LogP) is 3.86. The van der Waals surface area contributed by atoms with Gasteiger partial charge in [0.1, 0.15) is 36.9 Å². The van der Waals surface area contributed by atoms with Crippen LogP contribution in [0.1, 0.15) is 38.3 Å². The van der Waals surface area contributed by atoms with Crippen LogP contribution < -0.4 is 18.9 Å². The third-order valence-electron chi connectivity index (χ3n) is 9.40. The first-order valence-electron chi connectivity index (χ1n) is 15.8. The highest BCUT2D eigenvalue weighted by Gasteiger charge is 2.36. The van der Waals surface area contributed by atoms with Crippen molar-refractivity contribution in [1.29, 1.82) is 0 Å². The summed E-state index contributed by atoms with van der Waals surface area (Å²) in [5.74, 6) is -1.23. The Balaban J connectivity index is 1.02. The molecule has 10 nitrogen and oxygen atoms in total. The maximum Gasteiger partial charge on any atom is 0.243 e. The molecule has 4 aromatic rings. The number of Topliss-reactive ketones (excluding diaryl/α,β-unsaturated/α-hetero) is 2. The fraction of sp³-hybridized carbons (Fsp3) is 0.371. The van der Waals surface area contributed by atoms with Gasteiger partial charge in [-0.15, -0.1) is 0 Å². The predicted molar refractivity (Wildman–Crippen MR) is 174 cm³/mol. The normalized spacial score (nSPS) is 24.0. The van der Waals surface area contributed by atoms with E-state index in [0.717, 1.165) is 50.4 Å². The summed E-state index contributed by atoms with van der Waals surface area (Å²) in [6.45, 7) is 5.54. The number of rotatable bonds is 6. The monoisotopic (exact) mass is 604 g/mol. The van der Waals surface area contributed by atoms with Gasteiger partial charge in [-0.3, -0.25) is 9.59 Å². The molecule has 0 N–H and O–H groups in total. The molecule has 0 bridgehead atoms. The van der Waals surface area contributed by atoms with Crippen molar-refractivity contribution in [1.82, 2.24) is 9.13 Å². The number of hydrogen-bond donors (Lipinski definition) is 0. The first kappa shape index (κ1) is 28.9. The van der Waals surface area contributed by atoms with E-state index in [1.807, 2.05) is 38.4 Å². The van der Waals surface area contributed by atoms with Crippen LogP contribution in [0.5, 0.6) is 0 Å². The fourth-order valence-electron chi connectivity index (χ4n) is 6.74. The Morgan fingerprint density at radius 3 is 1.47 bits per heavy atom. The highest BCUT2D eigenvalue weighted by atomic mass is 16.2. The number of aromatic nitrogens is 4. The Bertz CT molecular complexity index is 1650. The number of aliphatic imine (C=N–C) groups is 2. The lowest BCUT2D eigenvalue weighted by atomic mass is 9.85. The van der Waals surface area contributed by atoms with Gasteiger partial charge in [0.05, 0.1) is 55.9 Å². The van der Waals surface area contributed by atoms with Gasteiger partial charge >= 0.3 is 0 Å². The highest BCUT2D eigenvalue weighted by molar-refractivity contribution is 6.62. The SMILES string of the molecule is CC1C(=O)C(=Nc2ccc(N3CCC(n4cc[n+](C)c4)C3)cc2)CC(=Nc2ccc(N3CCC(n4cc[n+](C)c4)C3)cc2)C1=O. The molecular weight excluding hydrogens is 564 g/mol. The van der Waals surface area contributed by atoms with Crippen molar-refractivity contribution >= 4 is 45.7 Å². The molecule has 2 aromatic carbocycles. The van der Waals surface area contributed by atoms with Crippen LogP contribution >= 0.6 is 0 Å². The standard InChI is InChI=1S/C35H40N8O2/c1-25-34(44)32(36-26-4-8-28(9-5-26)40-14-12-30(21-40)42-18-16-38(2)23-42)20-33(35(25)45)37-27-6-10-29(11-7-27)41-15-13-31(22-41)43-19-17-39(3)24-43/h4-11,16-19,23-25,30-31H,12-15,20-22H2,1-3H3/q+2. The Hall–Kier alpha value is -4.86. The first-order valence-corrected chi connectivity index (χ1v) is 15.8. The van der Waals surface area contributed by atoms with E-state index in [1.54, 1.807) is 6.92 Å². The molecule has 230 valence electrons. The molecule has 2 aromatic heterocycles. The molecule has 0 spiro atoms. The van der Waals surface area contributed by atoms with Crippen LogP contribution in [0.15, 0.2) is 96.0 Å². The molecule has 0 radical (unpaired) electrons. The number of nitrogens with zero attached hydrogens (tertiary/aromatic N) is 8. The van der Waals surface area contributed by atoms with Gasteiger partial charge in [-0.05, 0) is 55.5 Å². The van der Waals surface area contributed by atoms with Crippen LogP contribution in [0.3, 0.4) is 0 Å². The van der Waals surface area contributed by atoms with Crippen molar-refractivity contribution in [2.24, 2.45) is 30.0 Å². The summed E-state index contributed by atoms with van der Waals surface area (Å²) in [7, 11) is 4.08. The van der Waals surface area contributed by atoms with Gasteiger partial charge in [-0.2, -0.15) is 0 Å². The minimum Gasteiger partial charge on any atom is -0.367 e. The van der Waals surface area contributed by atoms with Crippen LogP contribution in [0, 0.1) is 5.92 Å². The van der Waals surface area contributed by atoms with E-state index in [1.165, 1.54) is 0 Å². The number of ketones is 2.